The van der Waals surface area contributed by atoms with Crippen molar-refractivity contribution in [2.45, 2.75) is 44.9 Å². The second kappa shape index (κ2) is 7.13. The Morgan fingerprint density at radius 2 is 2.11 bits per heavy atom. The van der Waals surface area contributed by atoms with Gasteiger partial charge in [-0.05, 0) is 37.0 Å². The van der Waals surface area contributed by atoms with Crippen molar-refractivity contribution in [1.82, 2.24) is 10.6 Å². The molecule has 19 heavy (non-hydrogen) atoms. The minimum Gasteiger partial charge on any atom is -0.385 e. The lowest BCUT2D eigenvalue weighted by atomic mass is 9.67. The molecule has 2 N–H and O–H groups in total. The zero-order valence-electron chi connectivity index (χ0n) is 12.5. The number of hydrogen-bond acceptors (Lipinski definition) is 2. The molecule has 4 nitrogen and oxygen atoms in total. The van der Waals surface area contributed by atoms with E-state index in [9.17, 15) is 0 Å². The van der Waals surface area contributed by atoms with E-state index in [4.69, 9.17) is 4.74 Å². The summed E-state index contributed by atoms with van der Waals surface area (Å²) in [5, 5.41) is 6.92. The van der Waals surface area contributed by atoms with Crippen LogP contribution in [-0.2, 0) is 4.74 Å². The van der Waals surface area contributed by atoms with E-state index in [1.807, 2.05) is 7.05 Å². The standard InChI is InChI=1S/C15H29N3O/c1-16-14(17-10-6-13-4-5-13)18-12-15(7-3-8-15)9-11-19-2/h13H,3-12H2,1-2H3,(H2,16,17,18). The smallest absolute Gasteiger partial charge is 0.190 e. The van der Waals surface area contributed by atoms with Gasteiger partial charge in [-0.2, -0.15) is 0 Å². The number of nitrogens with one attached hydrogen (secondary N) is 2. The van der Waals surface area contributed by atoms with Crippen LogP contribution in [0.3, 0.4) is 0 Å². The third-order valence-corrected chi connectivity index (χ3v) is 4.65. The fourth-order valence-corrected chi connectivity index (χ4v) is 2.80. The van der Waals surface area contributed by atoms with E-state index < -0.39 is 0 Å². The van der Waals surface area contributed by atoms with Gasteiger partial charge in [0.15, 0.2) is 5.96 Å². The number of aliphatic imine (C=N–C) groups is 1. The first kappa shape index (κ1) is 14.6. The summed E-state index contributed by atoms with van der Waals surface area (Å²) in [6.45, 7) is 2.95. The first-order chi connectivity index (χ1) is 9.28. The molecule has 0 atom stereocenters. The number of guanidine groups is 1. The fraction of sp³-hybridized carbons (Fsp3) is 0.933. The van der Waals surface area contributed by atoms with Crippen LogP contribution in [0.25, 0.3) is 0 Å². The summed E-state index contributed by atoms with van der Waals surface area (Å²) in [4.78, 5) is 4.31. The maximum atomic E-state index is 5.23. The SMILES string of the molecule is CN=C(NCCC1CC1)NCC1(CCOC)CCC1. The number of methoxy groups -OCH3 is 1. The van der Waals surface area contributed by atoms with Crippen molar-refractivity contribution in [1.29, 1.82) is 0 Å². The Bertz CT molecular complexity index is 296. The van der Waals surface area contributed by atoms with Gasteiger partial charge in [0.05, 0.1) is 0 Å². The largest absolute Gasteiger partial charge is 0.385 e. The first-order valence-electron chi connectivity index (χ1n) is 7.71. The lowest BCUT2D eigenvalue weighted by molar-refractivity contribution is 0.0732. The van der Waals surface area contributed by atoms with Gasteiger partial charge in [0, 0.05) is 33.9 Å². The number of hydrogen-bond donors (Lipinski definition) is 2. The Morgan fingerprint density at radius 1 is 1.32 bits per heavy atom. The lowest BCUT2D eigenvalue weighted by Crippen LogP contribution is -2.47. The molecule has 4 heteroatoms. The van der Waals surface area contributed by atoms with E-state index in [0.717, 1.165) is 38.0 Å². The first-order valence-corrected chi connectivity index (χ1v) is 7.71. The van der Waals surface area contributed by atoms with E-state index in [-0.39, 0.29) is 0 Å². The van der Waals surface area contributed by atoms with Crippen molar-refractivity contribution in [3.63, 3.8) is 0 Å². The molecule has 0 amide bonds. The number of rotatable bonds is 8. The molecular weight excluding hydrogens is 238 g/mol. The lowest BCUT2D eigenvalue weighted by Gasteiger charge is -2.42. The van der Waals surface area contributed by atoms with Crippen LogP contribution in [0, 0.1) is 11.3 Å². The molecule has 0 spiro atoms. The third kappa shape index (κ3) is 4.68. The molecule has 0 radical (unpaired) electrons. The van der Waals surface area contributed by atoms with E-state index in [0.29, 0.717) is 5.41 Å². The van der Waals surface area contributed by atoms with Crippen LogP contribution < -0.4 is 10.6 Å². The predicted octanol–water partition coefficient (Wildman–Crippen LogP) is 2.16. The molecule has 2 rings (SSSR count). The van der Waals surface area contributed by atoms with Crippen LogP contribution in [0.15, 0.2) is 4.99 Å². The van der Waals surface area contributed by atoms with Crippen molar-refractivity contribution >= 4 is 5.96 Å². The maximum Gasteiger partial charge on any atom is 0.190 e. The van der Waals surface area contributed by atoms with Crippen molar-refractivity contribution in [2.24, 2.45) is 16.3 Å². The molecule has 0 aromatic rings. The van der Waals surface area contributed by atoms with E-state index in [2.05, 4.69) is 15.6 Å². The normalized spacial score (nSPS) is 21.9. The summed E-state index contributed by atoms with van der Waals surface area (Å²) in [6.07, 6.45) is 9.30. The van der Waals surface area contributed by atoms with E-state index >= 15 is 0 Å². The Balaban J connectivity index is 1.65. The molecule has 0 aromatic heterocycles. The topological polar surface area (TPSA) is 45.7 Å². The van der Waals surface area contributed by atoms with Crippen LogP contribution >= 0.6 is 0 Å². The molecule has 2 fully saturated rings. The van der Waals surface area contributed by atoms with Gasteiger partial charge in [0.25, 0.3) is 0 Å². The molecule has 0 heterocycles. The van der Waals surface area contributed by atoms with Crippen molar-refractivity contribution in [3.05, 3.63) is 0 Å². The van der Waals surface area contributed by atoms with Gasteiger partial charge >= 0.3 is 0 Å². The van der Waals surface area contributed by atoms with Crippen LogP contribution in [0.5, 0.6) is 0 Å². The van der Waals surface area contributed by atoms with Crippen molar-refractivity contribution < 1.29 is 4.74 Å². The van der Waals surface area contributed by atoms with Gasteiger partial charge in [-0.3, -0.25) is 4.99 Å². The highest BCUT2D eigenvalue weighted by atomic mass is 16.5. The molecule has 2 saturated carbocycles. The molecule has 0 aromatic carbocycles. The molecule has 0 unspecified atom stereocenters. The Morgan fingerprint density at radius 3 is 2.63 bits per heavy atom. The van der Waals surface area contributed by atoms with Crippen LogP contribution in [0.1, 0.15) is 44.9 Å². The van der Waals surface area contributed by atoms with E-state index in [1.54, 1.807) is 7.11 Å². The molecule has 110 valence electrons. The monoisotopic (exact) mass is 267 g/mol. The molecule has 0 bridgehead atoms. The van der Waals surface area contributed by atoms with E-state index in [1.165, 1.54) is 38.5 Å². The zero-order chi connectivity index (χ0) is 13.6. The van der Waals surface area contributed by atoms with Gasteiger partial charge in [-0.15, -0.1) is 0 Å². The number of nitrogens with zero attached hydrogens (tertiary/aromatic N) is 1. The highest BCUT2D eigenvalue weighted by molar-refractivity contribution is 5.79. The Kier molecular flexibility index (Phi) is 5.49. The quantitative estimate of drug-likeness (QED) is 0.523. The molecular formula is C15H29N3O. The molecule has 0 saturated heterocycles. The van der Waals surface area contributed by atoms with Gasteiger partial charge in [-0.25, -0.2) is 0 Å². The highest BCUT2D eigenvalue weighted by Gasteiger charge is 2.36. The predicted molar refractivity (Wildman–Crippen MR) is 79.5 cm³/mol. The maximum absolute atomic E-state index is 5.23. The fourth-order valence-electron chi connectivity index (χ4n) is 2.80. The average molecular weight is 267 g/mol. The van der Waals surface area contributed by atoms with Crippen LogP contribution in [0.2, 0.25) is 0 Å². The van der Waals surface area contributed by atoms with Gasteiger partial charge < -0.3 is 15.4 Å². The van der Waals surface area contributed by atoms with Gasteiger partial charge in [0.1, 0.15) is 0 Å². The van der Waals surface area contributed by atoms with Crippen LogP contribution in [-0.4, -0.2) is 39.8 Å². The Labute approximate surface area is 117 Å². The average Bonchev–Trinajstić information content (AvgIpc) is 3.19. The molecule has 0 aliphatic heterocycles. The van der Waals surface area contributed by atoms with Crippen molar-refractivity contribution in [2.75, 3.05) is 33.9 Å². The van der Waals surface area contributed by atoms with Gasteiger partial charge in [0.2, 0.25) is 0 Å². The zero-order valence-corrected chi connectivity index (χ0v) is 12.5. The summed E-state index contributed by atoms with van der Waals surface area (Å²) in [5.74, 6) is 1.94. The summed E-state index contributed by atoms with van der Waals surface area (Å²) >= 11 is 0. The van der Waals surface area contributed by atoms with Crippen LogP contribution in [0.4, 0.5) is 0 Å². The molecule has 2 aliphatic rings. The van der Waals surface area contributed by atoms with Gasteiger partial charge in [-0.1, -0.05) is 19.3 Å². The number of ether oxygens (including phenoxy) is 1. The summed E-state index contributed by atoms with van der Waals surface area (Å²) < 4.78 is 5.23. The highest BCUT2D eigenvalue weighted by Crippen LogP contribution is 2.43. The second-order valence-electron chi connectivity index (χ2n) is 6.18. The second-order valence-corrected chi connectivity index (χ2v) is 6.18. The molecule has 2 aliphatic carbocycles. The minimum atomic E-state index is 0.449. The summed E-state index contributed by atoms with van der Waals surface area (Å²) in [6, 6.07) is 0. The summed E-state index contributed by atoms with van der Waals surface area (Å²) in [7, 11) is 3.65. The summed E-state index contributed by atoms with van der Waals surface area (Å²) in [5.41, 5.74) is 0.449. The van der Waals surface area contributed by atoms with Crippen molar-refractivity contribution in [3.8, 4) is 0 Å². The minimum absolute atomic E-state index is 0.449. The Hall–Kier alpha value is -0.770. The third-order valence-electron chi connectivity index (χ3n) is 4.65.